The number of primary amides is 1. The predicted octanol–water partition coefficient (Wildman–Crippen LogP) is 2.75. The molecule has 1 saturated carbocycles. The first-order valence-electron chi connectivity index (χ1n) is 8.33. The van der Waals surface area contributed by atoms with Crippen LogP contribution in [-0.4, -0.2) is 31.6 Å². The van der Waals surface area contributed by atoms with Crippen molar-refractivity contribution in [2.75, 3.05) is 0 Å². The van der Waals surface area contributed by atoms with Crippen LogP contribution in [0.2, 0.25) is 0 Å². The molecule has 1 fully saturated rings. The van der Waals surface area contributed by atoms with Gasteiger partial charge in [0.25, 0.3) is 11.9 Å². The highest BCUT2D eigenvalue weighted by Gasteiger charge is 2.35. The van der Waals surface area contributed by atoms with Crippen molar-refractivity contribution in [3.05, 3.63) is 34.9 Å². The molecule has 0 bridgehead atoms. The van der Waals surface area contributed by atoms with Gasteiger partial charge in [-0.15, -0.1) is 0 Å². The molecule has 3 rings (SSSR count). The number of nitrogens with two attached hydrogens (primary N) is 1. The average molecular weight is 349 g/mol. The number of hydrogen-bond acceptors (Lipinski definition) is 4. The van der Waals surface area contributed by atoms with Crippen LogP contribution in [0.5, 0.6) is 0 Å². The van der Waals surface area contributed by atoms with Gasteiger partial charge in [-0.05, 0) is 51.2 Å². The molecule has 6 nitrogen and oxygen atoms in total. The van der Waals surface area contributed by atoms with E-state index in [1.54, 1.807) is 10.7 Å². The lowest BCUT2D eigenvalue weighted by molar-refractivity contribution is -0.0457. The predicted molar refractivity (Wildman–Crippen MR) is 87.8 cm³/mol. The summed E-state index contributed by atoms with van der Waals surface area (Å²) in [5, 5.41) is 4.33. The maximum absolute atomic E-state index is 13.3. The summed E-state index contributed by atoms with van der Waals surface area (Å²) in [5.41, 5.74) is 7.76. The Morgan fingerprint density at radius 3 is 2.52 bits per heavy atom. The monoisotopic (exact) mass is 349 g/mol. The van der Waals surface area contributed by atoms with Crippen LogP contribution >= 0.6 is 0 Å². The third kappa shape index (κ3) is 4.00. The van der Waals surface area contributed by atoms with Gasteiger partial charge in [0.15, 0.2) is 0 Å². The van der Waals surface area contributed by atoms with Crippen molar-refractivity contribution in [1.82, 2.24) is 19.7 Å². The largest absolute Gasteiger partial charge is 0.364 e. The zero-order valence-corrected chi connectivity index (χ0v) is 14.3. The van der Waals surface area contributed by atoms with Gasteiger partial charge in [0.2, 0.25) is 5.92 Å². The molecule has 0 atom stereocenters. The number of halogens is 2. The van der Waals surface area contributed by atoms with Crippen molar-refractivity contribution in [1.29, 1.82) is 0 Å². The van der Waals surface area contributed by atoms with Crippen molar-refractivity contribution in [2.45, 2.75) is 51.9 Å². The van der Waals surface area contributed by atoms with E-state index in [0.29, 0.717) is 25.0 Å². The van der Waals surface area contributed by atoms with Crippen molar-refractivity contribution < 1.29 is 13.6 Å². The Bertz CT molecular complexity index is 792. The van der Waals surface area contributed by atoms with Gasteiger partial charge in [0.1, 0.15) is 5.69 Å². The first-order valence-corrected chi connectivity index (χ1v) is 8.33. The fraction of sp³-hybridized carbons (Fsp3) is 0.529. The highest BCUT2D eigenvalue weighted by molar-refractivity contribution is 5.90. The van der Waals surface area contributed by atoms with Gasteiger partial charge in [0.05, 0.1) is 5.69 Å². The van der Waals surface area contributed by atoms with Gasteiger partial charge < -0.3 is 5.73 Å². The van der Waals surface area contributed by atoms with E-state index in [1.165, 1.54) is 0 Å². The first kappa shape index (κ1) is 17.4. The van der Waals surface area contributed by atoms with Crippen LogP contribution in [-0.2, 0) is 6.42 Å². The molecule has 0 unspecified atom stereocenters. The first-order chi connectivity index (χ1) is 11.7. The second kappa shape index (κ2) is 6.50. The molecule has 25 heavy (non-hydrogen) atoms. The average Bonchev–Trinajstić information content (AvgIpc) is 2.88. The number of amides is 1. The molecular weight excluding hydrogens is 328 g/mol. The summed E-state index contributed by atoms with van der Waals surface area (Å²) in [6.45, 7) is 3.72. The fourth-order valence-electron chi connectivity index (χ4n) is 3.24. The zero-order valence-electron chi connectivity index (χ0n) is 14.3. The number of carbonyl (C=O) groups excluding carboxylic acids is 1. The van der Waals surface area contributed by atoms with Crippen LogP contribution < -0.4 is 5.73 Å². The third-order valence-corrected chi connectivity index (χ3v) is 4.55. The Kier molecular flexibility index (Phi) is 4.53. The smallest absolute Gasteiger partial charge is 0.267 e. The molecule has 0 aliphatic heterocycles. The minimum atomic E-state index is -2.56. The quantitative estimate of drug-likeness (QED) is 0.919. The van der Waals surface area contributed by atoms with Crippen LogP contribution in [0.4, 0.5) is 8.78 Å². The number of rotatable bonds is 4. The summed E-state index contributed by atoms with van der Waals surface area (Å²) >= 11 is 0. The molecule has 1 amide bonds. The van der Waals surface area contributed by atoms with Crippen LogP contribution in [0.25, 0.3) is 5.95 Å². The number of aryl methyl sites for hydroxylation is 2. The standard InChI is InChI=1S/C17H21F2N5O/c1-10-7-11(2)24(23-10)16-21-13(9-14(22-16)15(20)25)8-12-3-5-17(18,19)6-4-12/h7,9,12H,3-6,8H2,1-2H3,(H2,20,25). The lowest BCUT2D eigenvalue weighted by Crippen LogP contribution is -2.26. The number of alkyl halides is 2. The minimum Gasteiger partial charge on any atom is -0.364 e. The Morgan fingerprint density at radius 2 is 1.96 bits per heavy atom. The summed E-state index contributed by atoms with van der Waals surface area (Å²) in [7, 11) is 0. The maximum atomic E-state index is 13.3. The SMILES string of the molecule is Cc1cc(C)n(-c2nc(CC3CCC(F)(F)CC3)cc(C(N)=O)n2)n1. The van der Waals surface area contributed by atoms with Crippen LogP contribution in [0.1, 0.15) is 53.3 Å². The molecule has 0 spiro atoms. The number of nitrogens with zero attached hydrogens (tertiary/aromatic N) is 4. The minimum absolute atomic E-state index is 0.101. The van der Waals surface area contributed by atoms with Crippen molar-refractivity contribution >= 4 is 5.91 Å². The molecule has 2 aromatic rings. The summed E-state index contributed by atoms with van der Waals surface area (Å²) < 4.78 is 28.2. The number of aromatic nitrogens is 4. The Balaban J connectivity index is 1.89. The molecule has 2 N–H and O–H groups in total. The summed E-state index contributed by atoms with van der Waals surface area (Å²) in [4.78, 5) is 20.3. The van der Waals surface area contributed by atoms with E-state index in [4.69, 9.17) is 5.73 Å². The van der Waals surface area contributed by atoms with E-state index in [1.807, 2.05) is 19.9 Å². The molecule has 0 aromatic carbocycles. The maximum Gasteiger partial charge on any atom is 0.267 e. The molecule has 1 aliphatic rings. The molecular formula is C17H21F2N5O. The highest BCUT2D eigenvalue weighted by atomic mass is 19.3. The van der Waals surface area contributed by atoms with Crippen molar-refractivity contribution in [2.24, 2.45) is 11.7 Å². The van der Waals surface area contributed by atoms with Crippen molar-refractivity contribution in [3.8, 4) is 5.95 Å². The summed E-state index contributed by atoms with van der Waals surface area (Å²) in [6, 6.07) is 3.42. The van der Waals surface area contributed by atoms with E-state index in [9.17, 15) is 13.6 Å². The molecule has 2 aromatic heterocycles. The fourth-order valence-corrected chi connectivity index (χ4v) is 3.24. The lowest BCUT2D eigenvalue weighted by atomic mass is 9.84. The molecule has 134 valence electrons. The Hall–Kier alpha value is -2.38. The van der Waals surface area contributed by atoms with Crippen LogP contribution in [0, 0.1) is 19.8 Å². The van der Waals surface area contributed by atoms with Crippen molar-refractivity contribution in [3.63, 3.8) is 0 Å². The van der Waals surface area contributed by atoms with Gasteiger partial charge in [-0.3, -0.25) is 4.79 Å². The van der Waals surface area contributed by atoms with E-state index in [0.717, 1.165) is 11.4 Å². The molecule has 0 saturated heterocycles. The van der Waals surface area contributed by atoms with E-state index in [2.05, 4.69) is 15.1 Å². The van der Waals surface area contributed by atoms with Crippen LogP contribution in [0.15, 0.2) is 12.1 Å². The zero-order chi connectivity index (χ0) is 18.2. The summed E-state index contributed by atoms with van der Waals surface area (Å²) in [6.07, 6.45) is 1.20. The van der Waals surface area contributed by atoms with E-state index in [-0.39, 0.29) is 30.4 Å². The Morgan fingerprint density at radius 1 is 1.28 bits per heavy atom. The number of carbonyl (C=O) groups is 1. The second-order valence-electron chi connectivity index (χ2n) is 6.75. The van der Waals surface area contributed by atoms with Gasteiger partial charge >= 0.3 is 0 Å². The topological polar surface area (TPSA) is 86.7 Å². The number of hydrogen-bond donors (Lipinski definition) is 1. The van der Waals surface area contributed by atoms with Gasteiger partial charge in [-0.1, -0.05) is 0 Å². The normalized spacial score (nSPS) is 17.6. The molecule has 8 heteroatoms. The Labute approximate surface area is 144 Å². The van der Waals surface area contributed by atoms with Gasteiger partial charge in [-0.2, -0.15) is 5.10 Å². The van der Waals surface area contributed by atoms with E-state index < -0.39 is 11.8 Å². The lowest BCUT2D eigenvalue weighted by Gasteiger charge is -2.28. The van der Waals surface area contributed by atoms with Gasteiger partial charge in [0, 0.05) is 24.2 Å². The van der Waals surface area contributed by atoms with Crippen LogP contribution in [0.3, 0.4) is 0 Å². The third-order valence-electron chi connectivity index (χ3n) is 4.55. The highest BCUT2D eigenvalue weighted by Crippen LogP contribution is 2.37. The summed E-state index contributed by atoms with van der Waals surface area (Å²) in [5.74, 6) is -2.82. The molecule has 2 heterocycles. The molecule has 0 radical (unpaired) electrons. The van der Waals surface area contributed by atoms with Gasteiger partial charge in [-0.25, -0.2) is 23.4 Å². The molecule has 1 aliphatic carbocycles. The second-order valence-corrected chi connectivity index (χ2v) is 6.75. The van der Waals surface area contributed by atoms with E-state index >= 15 is 0 Å².